The first-order valence-corrected chi connectivity index (χ1v) is 9.28. The lowest BCUT2D eigenvalue weighted by molar-refractivity contribution is 0.100. The van der Waals surface area contributed by atoms with E-state index >= 15 is 0 Å². The molecule has 0 fully saturated rings. The fourth-order valence-corrected chi connectivity index (χ4v) is 3.34. The first-order chi connectivity index (χ1) is 11.6. The number of para-hydroxylation sites is 1. The zero-order valence-corrected chi connectivity index (χ0v) is 15.0. The Morgan fingerprint density at radius 1 is 1.12 bits per heavy atom. The van der Waals surface area contributed by atoms with Crippen LogP contribution in [-0.2, 0) is 9.84 Å². The third-order valence-electron chi connectivity index (χ3n) is 3.67. The molecule has 0 radical (unpaired) electrons. The van der Waals surface area contributed by atoms with E-state index in [1.807, 2.05) is 30.3 Å². The van der Waals surface area contributed by atoms with E-state index in [4.69, 9.17) is 11.5 Å². The standard InChI is InChI=1S/C17H20N4O3S/c1-11-9-14(21(2)12-7-5-4-6-8-12)15(25(3,23)24)10-13(11)16(22)20-17(18)19/h4-10H,1-3H3,(H4,18,19,20,22). The molecule has 1 amide bonds. The Morgan fingerprint density at radius 3 is 2.24 bits per heavy atom. The van der Waals surface area contributed by atoms with E-state index in [0.29, 0.717) is 11.3 Å². The van der Waals surface area contributed by atoms with Crippen molar-refractivity contribution in [3.05, 3.63) is 53.6 Å². The second-order valence-electron chi connectivity index (χ2n) is 5.64. The second-order valence-corrected chi connectivity index (χ2v) is 7.63. The Hall–Kier alpha value is -2.87. The zero-order valence-electron chi connectivity index (χ0n) is 14.2. The quantitative estimate of drug-likeness (QED) is 0.631. The number of sulfone groups is 1. The number of nitrogens with zero attached hydrogens (tertiary/aromatic N) is 2. The third kappa shape index (κ3) is 4.16. The summed E-state index contributed by atoms with van der Waals surface area (Å²) >= 11 is 0. The molecule has 132 valence electrons. The number of guanidine groups is 1. The predicted molar refractivity (Wildman–Crippen MR) is 98.9 cm³/mol. The van der Waals surface area contributed by atoms with Crippen molar-refractivity contribution >= 4 is 33.1 Å². The summed E-state index contributed by atoms with van der Waals surface area (Å²) in [5.74, 6) is -1.06. The highest BCUT2D eigenvalue weighted by molar-refractivity contribution is 7.90. The number of rotatable bonds is 4. The van der Waals surface area contributed by atoms with Crippen molar-refractivity contribution in [3.8, 4) is 0 Å². The van der Waals surface area contributed by atoms with Gasteiger partial charge in [0.25, 0.3) is 5.91 Å². The Kier molecular flexibility index (Phi) is 5.13. The van der Waals surface area contributed by atoms with E-state index < -0.39 is 15.7 Å². The molecular weight excluding hydrogens is 340 g/mol. The summed E-state index contributed by atoms with van der Waals surface area (Å²) in [5.41, 5.74) is 12.5. The molecule has 2 aromatic carbocycles. The highest BCUT2D eigenvalue weighted by Gasteiger charge is 2.22. The Labute approximate surface area is 146 Å². The van der Waals surface area contributed by atoms with Gasteiger partial charge in [-0.25, -0.2) is 8.42 Å². The number of carbonyl (C=O) groups is 1. The molecule has 25 heavy (non-hydrogen) atoms. The number of carbonyl (C=O) groups excluding carboxylic acids is 1. The lowest BCUT2D eigenvalue weighted by Gasteiger charge is -2.23. The molecule has 4 N–H and O–H groups in total. The minimum atomic E-state index is -3.59. The van der Waals surface area contributed by atoms with Crippen LogP contribution >= 0.6 is 0 Å². The van der Waals surface area contributed by atoms with Crippen molar-refractivity contribution < 1.29 is 13.2 Å². The lowest BCUT2D eigenvalue weighted by atomic mass is 10.1. The molecule has 0 aliphatic rings. The number of anilines is 2. The number of hydrogen-bond donors (Lipinski definition) is 2. The van der Waals surface area contributed by atoms with Gasteiger partial charge in [-0.15, -0.1) is 0 Å². The predicted octanol–water partition coefficient (Wildman–Crippen LogP) is 1.58. The van der Waals surface area contributed by atoms with Gasteiger partial charge in [-0.05, 0) is 36.8 Å². The molecule has 0 bridgehead atoms. The summed E-state index contributed by atoms with van der Waals surface area (Å²) in [5, 5.41) is 0. The first kappa shape index (κ1) is 18.5. The van der Waals surface area contributed by atoms with Gasteiger partial charge in [-0.1, -0.05) is 18.2 Å². The molecule has 7 nitrogen and oxygen atoms in total. The maximum atomic E-state index is 12.3. The van der Waals surface area contributed by atoms with E-state index in [1.165, 1.54) is 6.07 Å². The zero-order chi connectivity index (χ0) is 18.8. The van der Waals surface area contributed by atoms with Crippen LogP contribution in [0.4, 0.5) is 11.4 Å². The van der Waals surface area contributed by atoms with Gasteiger partial charge < -0.3 is 16.4 Å². The molecule has 2 aromatic rings. The van der Waals surface area contributed by atoms with Gasteiger partial charge in [0.2, 0.25) is 0 Å². The number of aliphatic imine (C=N–C) groups is 1. The minimum absolute atomic E-state index is 0.0265. The van der Waals surface area contributed by atoms with Gasteiger partial charge >= 0.3 is 0 Å². The number of benzene rings is 2. The van der Waals surface area contributed by atoms with Gasteiger partial charge in [0, 0.05) is 24.6 Å². The minimum Gasteiger partial charge on any atom is -0.370 e. The van der Waals surface area contributed by atoms with Crippen LogP contribution in [0.15, 0.2) is 52.4 Å². The fourth-order valence-electron chi connectivity index (χ4n) is 2.43. The average Bonchev–Trinajstić information content (AvgIpc) is 2.52. The van der Waals surface area contributed by atoms with Gasteiger partial charge in [-0.3, -0.25) is 4.79 Å². The molecule has 0 aliphatic heterocycles. The summed E-state index contributed by atoms with van der Waals surface area (Å²) in [4.78, 5) is 17.4. The molecule has 2 rings (SSSR count). The number of aryl methyl sites for hydroxylation is 1. The van der Waals surface area contributed by atoms with Gasteiger partial charge in [0.1, 0.15) is 0 Å². The van der Waals surface area contributed by atoms with Crippen molar-refractivity contribution in [2.45, 2.75) is 11.8 Å². The molecule has 0 saturated carbocycles. The second kappa shape index (κ2) is 6.94. The van der Waals surface area contributed by atoms with Crippen LogP contribution in [0.2, 0.25) is 0 Å². The van der Waals surface area contributed by atoms with Crippen LogP contribution < -0.4 is 16.4 Å². The first-order valence-electron chi connectivity index (χ1n) is 7.38. The maximum absolute atomic E-state index is 12.3. The van der Waals surface area contributed by atoms with Crippen molar-refractivity contribution in [2.24, 2.45) is 16.5 Å². The van der Waals surface area contributed by atoms with Crippen molar-refractivity contribution in [1.29, 1.82) is 0 Å². The van der Waals surface area contributed by atoms with Crippen LogP contribution in [0, 0.1) is 6.92 Å². The molecule has 0 aromatic heterocycles. The molecule has 0 heterocycles. The van der Waals surface area contributed by atoms with Gasteiger partial charge in [0.05, 0.1) is 10.6 Å². The van der Waals surface area contributed by atoms with E-state index in [0.717, 1.165) is 11.9 Å². The fraction of sp³-hybridized carbons (Fsp3) is 0.176. The normalized spacial score (nSPS) is 11.0. The highest BCUT2D eigenvalue weighted by atomic mass is 32.2. The lowest BCUT2D eigenvalue weighted by Crippen LogP contribution is -2.24. The monoisotopic (exact) mass is 360 g/mol. The van der Waals surface area contributed by atoms with Gasteiger partial charge in [-0.2, -0.15) is 4.99 Å². The molecule has 0 saturated heterocycles. The maximum Gasteiger partial charge on any atom is 0.280 e. The average molecular weight is 360 g/mol. The Morgan fingerprint density at radius 2 is 1.72 bits per heavy atom. The van der Waals surface area contributed by atoms with Crippen molar-refractivity contribution in [3.63, 3.8) is 0 Å². The summed E-state index contributed by atoms with van der Waals surface area (Å²) < 4.78 is 24.5. The molecule has 0 atom stereocenters. The highest BCUT2D eigenvalue weighted by Crippen LogP contribution is 2.33. The number of amides is 1. The van der Waals surface area contributed by atoms with E-state index in [1.54, 1.807) is 24.9 Å². The Balaban J connectivity index is 2.68. The summed E-state index contributed by atoms with van der Waals surface area (Å²) in [6.07, 6.45) is 1.09. The Bertz CT molecular complexity index is 934. The van der Waals surface area contributed by atoms with Crippen molar-refractivity contribution in [2.75, 3.05) is 18.2 Å². The third-order valence-corrected chi connectivity index (χ3v) is 4.80. The van der Waals surface area contributed by atoms with Crippen LogP contribution in [0.1, 0.15) is 15.9 Å². The summed E-state index contributed by atoms with van der Waals surface area (Å²) in [6.45, 7) is 1.70. The summed E-state index contributed by atoms with van der Waals surface area (Å²) in [7, 11) is -1.83. The molecular formula is C17H20N4O3S. The van der Waals surface area contributed by atoms with E-state index in [2.05, 4.69) is 4.99 Å². The van der Waals surface area contributed by atoms with E-state index in [9.17, 15) is 13.2 Å². The van der Waals surface area contributed by atoms with Crippen LogP contribution in [-0.4, -0.2) is 33.6 Å². The van der Waals surface area contributed by atoms with Crippen LogP contribution in [0.5, 0.6) is 0 Å². The topological polar surface area (TPSA) is 119 Å². The number of hydrogen-bond acceptors (Lipinski definition) is 4. The largest absolute Gasteiger partial charge is 0.370 e. The van der Waals surface area contributed by atoms with Crippen molar-refractivity contribution in [1.82, 2.24) is 0 Å². The SMILES string of the molecule is Cc1cc(N(C)c2ccccc2)c(S(C)(=O)=O)cc1C(=O)N=C(N)N. The molecule has 0 aliphatic carbocycles. The summed E-state index contributed by atoms with van der Waals surface area (Å²) in [6, 6.07) is 12.3. The smallest absolute Gasteiger partial charge is 0.280 e. The molecule has 0 unspecified atom stereocenters. The van der Waals surface area contributed by atoms with Gasteiger partial charge in [0.15, 0.2) is 15.8 Å². The molecule has 8 heteroatoms. The van der Waals surface area contributed by atoms with Crippen LogP contribution in [0.25, 0.3) is 0 Å². The van der Waals surface area contributed by atoms with E-state index in [-0.39, 0.29) is 16.4 Å². The van der Waals surface area contributed by atoms with Crippen LogP contribution in [0.3, 0.4) is 0 Å². The molecule has 0 spiro atoms. The number of nitrogens with two attached hydrogens (primary N) is 2.